The largest absolute Gasteiger partial charge is 0.457 e. The minimum atomic E-state index is 0.00756. The lowest BCUT2D eigenvalue weighted by Gasteiger charge is -2.22. The molecule has 1 aliphatic rings. The highest BCUT2D eigenvalue weighted by atomic mass is 16.5. The van der Waals surface area contributed by atoms with Gasteiger partial charge in [-0.1, -0.05) is 75.4 Å². The molecule has 1 aliphatic heterocycles. The van der Waals surface area contributed by atoms with Crippen LogP contribution in [0.25, 0.3) is 38.4 Å². The van der Waals surface area contributed by atoms with Gasteiger partial charge in [-0.15, -0.1) is 0 Å². The summed E-state index contributed by atoms with van der Waals surface area (Å²) in [6.45, 7) is 7.34. The third-order valence-corrected chi connectivity index (χ3v) is 9.49. The first kappa shape index (κ1) is 29.0. The summed E-state index contributed by atoms with van der Waals surface area (Å²) < 4.78 is 8.85. The minimum Gasteiger partial charge on any atom is -0.457 e. The second-order valence-electron chi connectivity index (χ2n) is 13.7. The Labute approximate surface area is 285 Å². The Balaban J connectivity index is 1.07. The van der Waals surface area contributed by atoms with Crippen molar-refractivity contribution in [3.63, 3.8) is 0 Å². The highest BCUT2D eigenvalue weighted by molar-refractivity contribution is 6.09. The fourth-order valence-electron chi connectivity index (χ4n) is 6.98. The molecule has 0 N–H and O–H groups in total. The van der Waals surface area contributed by atoms with Gasteiger partial charge in [-0.2, -0.15) is 0 Å². The summed E-state index contributed by atoms with van der Waals surface area (Å²) in [6, 6.07) is 46.6. The lowest BCUT2D eigenvalue weighted by atomic mass is 9.88. The van der Waals surface area contributed by atoms with Crippen LogP contribution in [0.1, 0.15) is 26.3 Å². The van der Waals surface area contributed by atoms with Crippen molar-refractivity contribution in [3.8, 4) is 17.3 Å². The van der Waals surface area contributed by atoms with Crippen molar-refractivity contribution in [1.29, 1.82) is 0 Å². The molecule has 0 atom stereocenters. The third kappa shape index (κ3) is 5.04. The van der Waals surface area contributed by atoms with Crippen LogP contribution in [0.5, 0.6) is 11.5 Å². The van der Waals surface area contributed by atoms with Gasteiger partial charge < -0.3 is 14.5 Å². The molecule has 8 aromatic rings. The quantitative estimate of drug-likeness (QED) is 0.188. The first-order valence-electron chi connectivity index (χ1n) is 16.7. The number of pyridine rings is 2. The second kappa shape index (κ2) is 11.2. The van der Waals surface area contributed by atoms with Crippen molar-refractivity contribution in [3.05, 3.63) is 151 Å². The number of aromatic nitrogens is 3. The van der Waals surface area contributed by atoms with Gasteiger partial charge in [-0.3, -0.25) is 4.57 Å². The van der Waals surface area contributed by atoms with Crippen molar-refractivity contribution in [2.24, 2.45) is 0 Å². The van der Waals surface area contributed by atoms with Crippen LogP contribution in [-0.2, 0) is 5.41 Å². The third-order valence-electron chi connectivity index (χ3n) is 9.49. The van der Waals surface area contributed by atoms with Crippen LogP contribution in [0.3, 0.4) is 0 Å². The van der Waals surface area contributed by atoms with Gasteiger partial charge in [0.1, 0.15) is 24.0 Å². The highest BCUT2D eigenvalue weighted by Crippen LogP contribution is 2.44. The van der Waals surface area contributed by atoms with Gasteiger partial charge in [0.15, 0.2) is 5.82 Å². The lowest BCUT2D eigenvalue weighted by Crippen LogP contribution is -2.24. The molecule has 5 aromatic carbocycles. The van der Waals surface area contributed by atoms with Crippen LogP contribution in [0.2, 0.25) is 0 Å². The number of rotatable bonds is 5. The van der Waals surface area contributed by atoms with E-state index in [0.717, 1.165) is 56.6 Å². The van der Waals surface area contributed by atoms with Crippen molar-refractivity contribution >= 4 is 55.5 Å². The number of fused-ring (bicyclic) bond motifs is 5. The maximum atomic E-state index is 6.60. The summed E-state index contributed by atoms with van der Waals surface area (Å²) in [7, 11) is 0. The van der Waals surface area contributed by atoms with Gasteiger partial charge in [0.25, 0.3) is 0 Å². The van der Waals surface area contributed by atoms with Gasteiger partial charge in [-0.25, -0.2) is 9.97 Å². The Morgan fingerprint density at radius 2 is 1.37 bits per heavy atom. The molecule has 0 unspecified atom stereocenters. The van der Waals surface area contributed by atoms with Crippen molar-refractivity contribution in [2.75, 3.05) is 16.5 Å². The predicted molar refractivity (Wildman–Crippen MR) is 201 cm³/mol. The smallest absolute Gasteiger partial charge is 0.158 e. The van der Waals surface area contributed by atoms with E-state index in [1.807, 2.05) is 30.6 Å². The number of benzene rings is 5. The Morgan fingerprint density at radius 1 is 0.571 bits per heavy atom. The Kier molecular flexibility index (Phi) is 6.66. The Morgan fingerprint density at radius 3 is 2.27 bits per heavy atom. The zero-order valence-electron chi connectivity index (χ0n) is 27.7. The van der Waals surface area contributed by atoms with Crippen LogP contribution in [0.4, 0.5) is 22.9 Å². The molecule has 0 bridgehead atoms. The van der Waals surface area contributed by atoms with E-state index in [1.54, 1.807) is 0 Å². The van der Waals surface area contributed by atoms with E-state index in [4.69, 9.17) is 14.7 Å². The van der Waals surface area contributed by atoms with E-state index in [2.05, 4.69) is 150 Å². The van der Waals surface area contributed by atoms with Gasteiger partial charge in [0.05, 0.1) is 16.7 Å². The molecule has 0 saturated carbocycles. The molecule has 6 heteroatoms. The molecule has 6 nitrogen and oxygen atoms in total. The molecule has 49 heavy (non-hydrogen) atoms. The molecule has 0 radical (unpaired) electrons. The van der Waals surface area contributed by atoms with Crippen molar-refractivity contribution in [1.82, 2.24) is 14.5 Å². The first-order chi connectivity index (χ1) is 23.9. The zero-order valence-corrected chi connectivity index (χ0v) is 27.7. The lowest BCUT2D eigenvalue weighted by molar-refractivity contribution is 0.483. The molecule has 0 spiro atoms. The number of anilines is 4. The molecule has 0 amide bonds. The fourth-order valence-corrected chi connectivity index (χ4v) is 6.98. The number of nitrogens with zero attached hydrogens (tertiary/aromatic N) is 5. The van der Waals surface area contributed by atoms with Gasteiger partial charge in [-0.05, 0) is 88.5 Å². The maximum absolute atomic E-state index is 6.60. The normalized spacial score (nSPS) is 13.0. The summed E-state index contributed by atoms with van der Waals surface area (Å²) >= 11 is 0. The van der Waals surface area contributed by atoms with Crippen LogP contribution >= 0.6 is 0 Å². The molecule has 3 aromatic heterocycles. The van der Waals surface area contributed by atoms with E-state index in [-0.39, 0.29) is 5.41 Å². The van der Waals surface area contributed by atoms with Gasteiger partial charge >= 0.3 is 0 Å². The molecule has 238 valence electrons. The molecule has 9 rings (SSSR count). The van der Waals surface area contributed by atoms with Gasteiger partial charge in [0.2, 0.25) is 0 Å². The second-order valence-corrected chi connectivity index (χ2v) is 13.7. The van der Waals surface area contributed by atoms with E-state index in [1.165, 1.54) is 21.7 Å². The van der Waals surface area contributed by atoms with Crippen molar-refractivity contribution < 1.29 is 4.74 Å². The topological polar surface area (TPSA) is 46.4 Å². The zero-order chi connectivity index (χ0) is 33.1. The number of hydrogen-bond donors (Lipinski definition) is 0. The van der Waals surface area contributed by atoms with Crippen LogP contribution in [-0.4, -0.2) is 21.2 Å². The van der Waals surface area contributed by atoms with Crippen LogP contribution in [0, 0.1) is 0 Å². The first-order valence-corrected chi connectivity index (χ1v) is 16.7. The molecule has 0 fully saturated rings. The highest BCUT2D eigenvalue weighted by Gasteiger charge is 2.29. The van der Waals surface area contributed by atoms with E-state index in [0.29, 0.717) is 6.67 Å². The molecule has 4 heterocycles. The monoisotopic (exact) mass is 637 g/mol. The van der Waals surface area contributed by atoms with E-state index < -0.39 is 0 Å². The summed E-state index contributed by atoms with van der Waals surface area (Å²) in [5, 5.41) is 4.79. The number of para-hydroxylation sites is 1. The van der Waals surface area contributed by atoms with Crippen LogP contribution in [0.15, 0.2) is 146 Å². The average molecular weight is 638 g/mol. The SMILES string of the molecule is CC(C)(C)c1ccnc(-n2c3ccccc3c3ccc(Oc4cccc(N5CN(c6ccc7ccccc7c6)c6cccnc65)c4)cc32)c1. The summed E-state index contributed by atoms with van der Waals surface area (Å²) in [5.41, 5.74) is 6.64. The standard InChI is InChI=1S/C43H35N5O/c1-43(2,3)31-21-23-44-41(25-31)48-38-15-7-6-14-36(38)37-20-19-35(27-40(37)48)49-34-13-8-12-32(26-34)47-28-46(39-16-9-22-45-42(39)47)33-18-17-29-10-4-5-11-30(29)24-33/h4-27H,28H2,1-3H3. The van der Waals surface area contributed by atoms with Crippen molar-refractivity contribution in [2.45, 2.75) is 26.2 Å². The summed E-state index contributed by atoms with van der Waals surface area (Å²) in [4.78, 5) is 14.2. The Hall–Kier alpha value is -6.14. The number of hydrogen-bond acceptors (Lipinski definition) is 5. The fraction of sp³-hybridized carbons (Fsp3) is 0.116. The van der Waals surface area contributed by atoms with E-state index in [9.17, 15) is 0 Å². The Bertz CT molecular complexity index is 2530. The molecule has 0 aliphatic carbocycles. The molecular weight excluding hydrogens is 603 g/mol. The summed E-state index contributed by atoms with van der Waals surface area (Å²) in [6.07, 6.45) is 3.77. The molecule has 0 saturated heterocycles. The van der Waals surface area contributed by atoms with Crippen LogP contribution < -0.4 is 14.5 Å². The maximum Gasteiger partial charge on any atom is 0.158 e. The minimum absolute atomic E-state index is 0.00756. The predicted octanol–water partition coefficient (Wildman–Crippen LogP) is 11.1. The van der Waals surface area contributed by atoms with Gasteiger partial charge in [0, 0.05) is 46.7 Å². The molecular formula is C43H35N5O. The summed E-state index contributed by atoms with van der Waals surface area (Å²) in [5.74, 6) is 3.34. The van der Waals surface area contributed by atoms with E-state index >= 15 is 0 Å². The number of ether oxygens (including phenoxy) is 1. The average Bonchev–Trinajstić information content (AvgIpc) is 3.67.